The van der Waals surface area contributed by atoms with Crippen molar-refractivity contribution in [2.45, 2.75) is 71.6 Å². The third-order valence-electron chi connectivity index (χ3n) is 4.84. The molecule has 0 bridgehead atoms. The van der Waals surface area contributed by atoms with Crippen molar-refractivity contribution in [3.8, 4) is 5.75 Å². The van der Waals surface area contributed by atoms with Gasteiger partial charge in [-0.05, 0) is 57.2 Å². The lowest BCUT2D eigenvalue weighted by Crippen LogP contribution is -2.49. The fourth-order valence-corrected chi connectivity index (χ4v) is 3.07. The number of nitrogens with zero attached hydrogens (tertiary/aromatic N) is 1. The van der Waals surface area contributed by atoms with Crippen LogP contribution >= 0.6 is 0 Å². The summed E-state index contributed by atoms with van der Waals surface area (Å²) in [6.45, 7) is 12.7. The molecular formula is C20H32N2O2. The summed E-state index contributed by atoms with van der Waals surface area (Å²) in [6, 6.07) is 8.86. The molecule has 1 atom stereocenters. The van der Waals surface area contributed by atoms with Crippen LogP contribution in [0.5, 0.6) is 5.75 Å². The molecule has 1 aliphatic rings. The molecule has 1 fully saturated rings. The fourth-order valence-electron chi connectivity index (χ4n) is 3.07. The van der Waals surface area contributed by atoms with E-state index < -0.39 is 6.10 Å². The third kappa shape index (κ3) is 5.23. The maximum absolute atomic E-state index is 12.4. The lowest BCUT2D eigenvalue weighted by molar-refractivity contribution is -0.128. The Morgan fingerprint density at radius 2 is 1.67 bits per heavy atom. The minimum atomic E-state index is -0.474. The first-order valence-corrected chi connectivity index (χ1v) is 9.18. The number of benzene rings is 1. The SMILES string of the molecule is CC(Oc1ccc(C(C)C)cc1)C(=O)NC1CCN(C(C)C)CC1. The molecule has 1 aromatic rings. The van der Waals surface area contributed by atoms with Gasteiger partial charge in [0, 0.05) is 25.2 Å². The zero-order valence-corrected chi connectivity index (χ0v) is 15.7. The number of likely N-dealkylation sites (tertiary alicyclic amines) is 1. The third-order valence-corrected chi connectivity index (χ3v) is 4.84. The van der Waals surface area contributed by atoms with Gasteiger partial charge in [-0.1, -0.05) is 26.0 Å². The summed E-state index contributed by atoms with van der Waals surface area (Å²) >= 11 is 0. The Labute approximate surface area is 146 Å². The first-order chi connectivity index (χ1) is 11.4. The molecule has 134 valence electrons. The Morgan fingerprint density at radius 1 is 1.08 bits per heavy atom. The van der Waals surface area contributed by atoms with Gasteiger partial charge in [-0.15, -0.1) is 0 Å². The number of hydrogen-bond acceptors (Lipinski definition) is 3. The van der Waals surface area contributed by atoms with E-state index in [0.717, 1.165) is 31.7 Å². The van der Waals surface area contributed by atoms with Gasteiger partial charge in [0.05, 0.1) is 0 Å². The molecule has 4 heteroatoms. The molecule has 0 aromatic heterocycles. The van der Waals surface area contributed by atoms with Crippen molar-refractivity contribution < 1.29 is 9.53 Å². The van der Waals surface area contributed by atoms with Crippen LogP contribution < -0.4 is 10.1 Å². The fraction of sp³-hybridized carbons (Fsp3) is 0.650. The maximum Gasteiger partial charge on any atom is 0.260 e. The monoisotopic (exact) mass is 332 g/mol. The van der Waals surface area contributed by atoms with Crippen LogP contribution in [0.15, 0.2) is 24.3 Å². The molecule has 1 saturated heterocycles. The molecule has 1 N–H and O–H groups in total. The molecule has 0 saturated carbocycles. The van der Waals surface area contributed by atoms with Crippen LogP contribution in [0.25, 0.3) is 0 Å². The maximum atomic E-state index is 12.4. The van der Waals surface area contributed by atoms with Crippen molar-refractivity contribution in [1.29, 1.82) is 0 Å². The van der Waals surface area contributed by atoms with Crippen molar-refractivity contribution in [2.75, 3.05) is 13.1 Å². The highest BCUT2D eigenvalue weighted by molar-refractivity contribution is 5.81. The van der Waals surface area contributed by atoms with Crippen LogP contribution in [-0.4, -0.2) is 42.1 Å². The second kappa shape index (κ2) is 8.52. The molecule has 1 aliphatic heterocycles. The minimum Gasteiger partial charge on any atom is -0.481 e. The van der Waals surface area contributed by atoms with Crippen LogP contribution in [0.3, 0.4) is 0 Å². The first-order valence-electron chi connectivity index (χ1n) is 9.18. The molecular weight excluding hydrogens is 300 g/mol. The molecule has 24 heavy (non-hydrogen) atoms. The van der Waals surface area contributed by atoms with E-state index >= 15 is 0 Å². The Bertz CT molecular complexity index is 517. The summed E-state index contributed by atoms with van der Waals surface area (Å²) in [5.74, 6) is 1.22. The van der Waals surface area contributed by atoms with Crippen molar-refractivity contribution in [2.24, 2.45) is 0 Å². The molecule has 0 aliphatic carbocycles. The average molecular weight is 332 g/mol. The first kappa shape index (κ1) is 18.8. The molecule has 1 amide bonds. The highest BCUT2D eigenvalue weighted by Crippen LogP contribution is 2.19. The van der Waals surface area contributed by atoms with Crippen LogP contribution in [-0.2, 0) is 4.79 Å². The molecule has 1 aromatic carbocycles. The highest BCUT2D eigenvalue weighted by Gasteiger charge is 2.24. The van der Waals surface area contributed by atoms with Gasteiger partial charge in [-0.3, -0.25) is 4.79 Å². The van der Waals surface area contributed by atoms with Crippen molar-refractivity contribution >= 4 is 5.91 Å². The van der Waals surface area contributed by atoms with E-state index in [0.29, 0.717) is 12.0 Å². The van der Waals surface area contributed by atoms with Crippen molar-refractivity contribution in [3.63, 3.8) is 0 Å². The van der Waals surface area contributed by atoms with Crippen LogP contribution in [0.1, 0.15) is 58.9 Å². The van der Waals surface area contributed by atoms with Gasteiger partial charge in [0.1, 0.15) is 5.75 Å². The van der Waals surface area contributed by atoms with E-state index in [9.17, 15) is 4.79 Å². The van der Waals surface area contributed by atoms with E-state index in [-0.39, 0.29) is 11.9 Å². The van der Waals surface area contributed by atoms with E-state index in [2.05, 4.69) is 50.0 Å². The quantitative estimate of drug-likeness (QED) is 0.866. The second-order valence-corrected chi connectivity index (χ2v) is 7.40. The van der Waals surface area contributed by atoms with Crippen molar-refractivity contribution in [3.05, 3.63) is 29.8 Å². The molecule has 1 unspecified atom stereocenters. The van der Waals surface area contributed by atoms with Crippen molar-refractivity contribution in [1.82, 2.24) is 10.2 Å². The predicted molar refractivity (Wildman–Crippen MR) is 98.5 cm³/mol. The van der Waals surface area contributed by atoms with Gasteiger partial charge in [0.25, 0.3) is 5.91 Å². The lowest BCUT2D eigenvalue weighted by atomic mass is 10.0. The summed E-state index contributed by atoms with van der Waals surface area (Å²) in [6.07, 6.45) is 1.55. The van der Waals surface area contributed by atoms with E-state index in [1.54, 1.807) is 0 Å². The zero-order valence-electron chi connectivity index (χ0n) is 15.7. The summed E-state index contributed by atoms with van der Waals surface area (Å²) in [5.41, 5.74) is 1.27. The Kier molecular flexibility index (Phi) is 6.67. The molecule has 2 rings (SSSR count). The number of rotatable bonds is 6. The van der Waals surface area contributed by atoms with E-state index in [1.165, 1.54) is 5.56 Å². The second-order valence-electron chi connectivity index (χ2n) is 7.40. The zero-order chi connectivity index (χ0) is 17.7. The lowest BCUT2D eigenvalue weighted by Gasteiger charge is -2.35. The van der Waals surface area contributed by atoms with Gasteiger partial charge in [-0.25, -0.2) is 0 Å². The number of piperidine rings is 1. The summed E-state index contributed by atoms with van der Waals surface area (Å²) in [4.78, 5) is 14.8. The smallest absolute Gasteiger partial charge is 0.260 e. The van der Waals surface area contributed by atoms with Gasteiger partial charge < -0.3 is 15.0 Å². The van der Waals surface area contributed by atoms with Gasteiger partial charge in [0.15, 0.2) is 6.10 Å². The molecule has 1 heterocycles. The molecule has 4 nitrogen and oxygen atoms in total. The Hall–Kier alpha value is -1.55. The minimum absolute atomic E-state index is 0.0223. The van der Waals surface area contributed by atoms with Crippen LogP contribution in [0.4, 0.5) is 0 Å². The van der Waals surface area contributed by atoms with Gasteiger partial charge in [-0.2, -0.15) is 0 Å². The van der Waals surface area contributed by atoms with Crippen LogP contribution in [0.2, 0.25) is 0 Å². The number of amides is 1. The van der Waals surface area contributed by atoms with Gasteiger partial charge in [0.2, 0.25) is 0 Å². The summed E-state index contributed by atoms with van der Waals surface area (Å²) in [5, 5.41) is 3.14. The number of carbonyl (C=O) groups is 1. The normalized spacial score (nSPS) is 18.0. The van der Waals surface area contributed by atoms with E-state index in [1.807, 2.05) is 19.1 Å². The molecule has 0 radical (unpaired) electrons. The summed E-state index contributed by atoms with van der Waals surface area (Å²) in [7, 11) is 0. The summed E-state index contributed by atoms with van der Waals surface area (Å²) < 4.78 is 5.79. The van der Waals surface area contributed by atoms with Crippen LogP contribution in [0, 0.1) is 0 Å². The Morgan fingerprint density at radius 3 is 2.17 bits per heavy atom. The molecule has 0 spiro atoms. The highest BCUT2D eigenvalue weighted by atomic mass is 16.5. The number of nitrogens with one attached hydrogen (secondary N) is 1. The Balaban J connectivity index is 1.80. The van der Waals surface area contributed by atoms with Gasteiger partial charge >= 0.3 is 0 Å². The number of hydrogen-bond donors (Lipinski definition) is 1. The standard InChI is InChI=1S/C20H32N2O2/c1-14(2)17-6-8-19(9-7-17)24-16(5)20(23)21-18-10-12-22(13-11-18)15(3)4/h6-9,14-16,18H,10-13H2,1-5H3,(H,21,23). The largest absolute Gasteiger partial charge is 0.481 e. The predicted octanol–water partition coefficient (Wildman–Crippen LogP) is 3.57. The topological polar surface area (TPSA) is 41.6 Å². The number of carbonyl (C=O) groups excluding carboxylic acids is 1. The average Bonchev–Trinajstić information content (AvgIpc) is 2.55. The number of ether oxygens (including phenoxy) is 1. The van der Waals surface area contributed by atoms with E-state index in [4.69, 9.17) is 4.74 Å².